The molecule has 4 N–H and O–H groups in total. The fourth-order valence-electron chi connectivity index (χ4n) is 2.71. The number of hydrogen-bond donors (Lipinski definition) is 3. The van der Waals surface area contributed by atoms with Crippen molar-refractivity contribution in [2.24, 2.45) is 0 Å². The molecule has 0 aromatic carbocycles. The molecule has 0 unspecified atom stereocenters. The number of carbonyl (C=O) groups is 2. The van der Waals surface area contributed by atoms with Gasteiger partial charge in [0.2, 0.25) is 17.0 Å². The molecule has 1 aliphatic carbocycles. The third-order valence-electron chi connectivity index (χ3n) is 3.93. The van der Waals surface area contributed by atoms with Crippen molar-refractivity contribution in [3.8, 4) is 0 Å². The third-order valence-corrected chi connectivity index (χ3v) is 6.10. The number of ether oxygens (including phenoxy) is 1. The van der Waals surface area contributed by atoms with E-state index in [9.17, 15) is 9.59 Å². The number of carbonyl (C=O) groups excluding carboxylic acids is 2. The first-order chi connectivity index (χ1) is 12.0. The van der Waals surface area contributed by atoms with Crippen LogP contribution in [0.4, 0.5) is 10.9 Å². The first kappa shape index (κ1) is 17.7. The lowest BCUT2D eigenvalue weighted by atomic mass is 9.95. The highest BCUT2D eigenvalue weighted by atomic mass is 32.2. The SMILES string of the molecule is COC(=O)c1c(NC(=O)[C@@H](C)Sc2n[nH]c(N)n2)sc2c1CCCC2. The maximum absolute atomic E-state index is 12.5. The van der Waals surface area contributed by atoms with E-state index in [4.69, 9.17) is 10.5 Å². The third kappa shape index (κ3) is 3.79. The van der Waals surface area contributed by atoms with Gasteiger partial charge in [0.1, 0.15) is 5.00 Å². The van der Waals surface area contributed by atoms with Crippen molar-refractivity contribution in [1.82, 2.24) is 15.2 Å². The normalized spacial score (nSPS) is 14.6. The van der Waals surface area contributed by atoms with Crippen molar-refractivity contribution in [2.45, 2.75) is 43.0 Å². The molecule has 10 heteroatoms. The highest BCUT2D eigenvalue weighted by molar-refractivity contribution is 8.00. The Hall–Kier alpha value is -2.07. The smallest absolute Gasteiger partial charge is 0.341 e. The highest BCUT2D eigenvalue weighted by Crippen LogP contribution is 2.39. The first-order valence-electron chi connectivity index (χ1n) is 7.87. The van der Waals surface area contributed by atoms with Gasteiger partial charge in [-0.3, -0.25) is 4.79 Å². The molecule has 0 aliphatic heterocycles. The number of thioether (sulfide) groups is 1. The number of thiophene rings is 1. The van der Waals surface area contributed by atoms with Crippen LogP contribution < -0.4 is 11.1 Å². The molecule has 134 valence electrons. The molecule has 0 fully saturated rings. The summed E-state index contributed by atoms with van der Waals surface area (Å²) in [5.74, 6) is -0.428. The lowest BCUT2D eigenvalue weighted by Gasteiger charge is -2.12. The predicted octanol–water partition coefficient (Wildman–Crippen LogP) is 2.23. The van der Waals surface area contributed by atoms with Crippen LogP contribution in [0.15, 0.2) is 5.16 Å². The van der Waals surface area contributed by atoms with Gasteiger partial charge in [-0.25, -0.2) is 9.89 Å². The Morgan fingerprint density at radius 2 is 2.16 bits per heavy atom. The number of anilines is 2. The van der Waals surface area contributed by atoms with Crippen LogP contribution in [0.1, 0.15) is 40.6 Å². The zero-order valence-corrected chi connectivity index (χ0v) is 15.6. The maximum atomic E-state index is 12.5. The second-order valence-corrected chi connectivity index (χ2v) is 8.07. The Morgan fingerprint density at radius 1 is 1.40 bits per heavy atom. The van der Waals surface area contributed by atoms with Crippen LogP contribution in [0.3, 0.4) is 0 Å². The van der Waals surface area contributed by atoms with Crippen LogP contribution in [0.25, 0.3) is 0 Å². The Bertz CT molecular complexity index is 801. The number of H-pyrrole nitrogens is 1. The predicted molar refractivity (Wildman–Crippen MR) is 97.0 cm³/mol. The second kappa shape index (κ2) is 7.44. The fraction of sp³-hybridized carbons (Fsp3) is 0.467. The summed E-state index contributed by atoms with van der Waals surface area (Å²) in [5, 5.41) is 9.83. The number of aromatic nitrogens is 3. The monoisotopic (exact) mass is 381 g/mol. The molecular weight excluding hydrogens is 362 g/mol. The van der Waals surface area contributed by atoms with E-state index in [0.29, 0.717) is 15.7 Å². The lowest BCUT2D eigenvalue weighted by molar-refractivity contribution is -0.115. The number of nitrogens with one attached hydrogen (secondary N) is 2. The van der Waals surface area contributed by atoms with Crippen molar-refractivity contribution in [1.29, 1.82) is 0 Å². The molecule has 2 heterocycles. The van der Waals surface area contributed by atoms with Crippen LogP contribution in [0, 0.1) is 0 Å². The van der Waals surface area contributed by atoms with Gasteiger partial charge < -0.3 is 15.8 Å². The minimum atomic E-state index is -0.445. The molecule has 0 bridgehead atoms. The largest absolute Gasteiger partial charge is 0.465 e. The van der Waals surface area contributed by atoms with Gasteiger partial charge in [0.15, 0.2) is 0 Å². The lowest BCUT2D eigenvalue weighted by Crippen LogP contribution is -2.23. The van der Waals surface area contributed by atoms with Gasteiger partial charge in [-0.05, 0) is 38.2 Å². The first-order valence-corrected chi connectivity index (χ1v) is 9.57. The van der Waals surface area contributed by atoms with E-state index in [1.54, 1.807) is 6.92 Å². The number of aryl methyl sites for hydroxylation is 1. The van der Waals surface area contributed by atoms with Gasteiger partial charge in [-0.1, -0.05) is 11.8 Å². The molecule has 1 atom stereocenters. The topological polar surface area (TPSA) is 123 Å². The molecule has 25 heavy (non-hydrogen) atoms. The number of hydrogen-bond acceptors (Lipinski definition) is 8. The van der Waals surface area contributed by atoms with Gasteiger partial charge in [0.05, 0.1) is 17.9 Å². The number of esters is 1. The maximum Gasteiger partial charge on any atom is 0.341 e. The van der Waals surface area contributed by atoms with Crippen molar-refractivity contribution in [3.63, 3.8) is 0 Å². The van der Waals surface area contributed by atoms with E-state index in [0.717, 1.165) is 36.1 Å². The number of fused-ring (bicyclic) bond motifs is 1. The number of methoxy groups -OCH3 is 1. The molecule has 2 aromatic heterocycles. The van der Waals surface area contributed by atoms with Crippen LogP contribution in [-0.2, 0) is 22.4 Å². The number of nitrogens with zero attached hydrogens (tertiary/aromatic N) is 2. The van der Waals surface area contributed by atoms with Gasteiger partial charge in [-0.2, -0.15) is 4.98 Å². The average molecular weight is 381 g/mol. The zero-order valence-electron chi connectivity index (χ0n) is 13.9. The van der Waals surface area contributed by atoms with Gasteiger partial charge in [-0.15, -0.1) is 16.4 Å². The zero-order chi connectivity index (χ0) is 18.0. The van der Waals surface area contributed by atoms with E-state index in [2.05, 4.69) is 20.5 Å². The number of rotatable bonds is 5. The number of nitrogen functional groups attached to an aromatic ring is 1. The molecule has 3 rings (SSSR count). The fourth-order valence-corrected chi connectivity index (χ4v) is 4.72. The van der Waals surface area contributed by atoms with Crippen LogP contribution in [0.5, 0.6) is 0 Å². The van der Waals surface area contributed by atoms with Crippen LogP contribution in [0.2, 0.25) is 0 Å². The van der Waals surface area contributed by atoms with Gasteiger partial charge >= 0.3 is 5.97 Å². The summed E-state index contributed by atoms with van der Waals surface area (Å²) in [6, 6.07) is 0. The van der Waals surface area contributed by atoms with E-state index in [-0.39, 0.29) is 11.9 Å². The molecule has 0 saturated carbocycles. The van der Waals surface area contributed by atoms with Crippen LogP contribution >= 0.6 is 23.1 Å². The van der Waals surface area contributed by atoms with E-state index < -0.39 is 11.2 Å². The number of amides is 1. The molecule has 0 spiro atoms. The van der Waals surface area contributed by atoms with E-state index in [1.165, 1.54) is 30.2 Å². The van der Waals surface area contributed by atoms with Crippen molar-refractivity contribution < 1.29 is 14.3 Å². The minimum absolute atomic E-state index is 0.203. The van der Waals surface area contributed by atoms with Gasteiger partial charge in [0, 0.05) is 4.88 Å². The van der Waals surface area contributed by atoms with E-state index >= 15 is 0 Å². The van der Waals surface area contributed by atoms with Crippen LogP contribution in [-0.4, -0.2) is 39.4 Å². The van der Waals surface area contributed by atoms with Crippen molar-refractivity contribution in [2.75, 3.05) is 18.2 Å². The number of nitrogens with two attached hydrogens (primary N) is 1. The molecule has 8 nitrogen and oxygen atoms in total. The summed E-state index contributed by atoms with van der Waals surface area (Å²) in [7, 11) is 1.35. The quantitative estimate of drug-likeness (QED) is 0.536. The second-order valence-electron chi connectivity index (χ2n) is 5.66. The summed E-state index contributed by atoms with van der Waals surface area (Å²) in [6.07, 6.45) is 3.91. The summed E-state index contributed by atoms with van der Waals surface area (Å²) in [6.45, 7) is 1.75. The Labute approximate surface area is 152 Å². The van der Waals surface area contributed by atoms with Crippen molar-refractivity contribution in [3.05, 3.63) is 16.0 Å². The molecule has 0 saturated heterocycles. The van der Waals surface area contributed by atoms with Crippen molar-refractivity contribution >= 4 is 45.9 Å². The standard InChI is InChI=1S/C15H19N5O3S2/c1-7(24-15-18-14(16)19-20-15)11(21)17-12-10(13(22)23-2)8-5-3-4-6-9(8)25-12/h7H,3-6H2,1-2H3,(H,17,21)(H3,16,18,19,20)/t7-/m1/s1. The molecule has 0 radical (unpaired) electrons. The van der Waals surface area contributed by atoms with E-state index in [1.807, 2.05) is 0 Å². The summed E-state index contributed by atoms with van der Waals surface area (Å²) in [4.78, 5) is 29.9. The number of aromatic amines is 1. The summed E-state index contributed by atoms with van der Waals surface area (Å²) < 4.78 is 4.92. The van der Waals surface area contributed by atoms with Gasteiger partial charge in [0.25, 0.3) is 0 Å². The highest BCUT2D eigenvalue weighted by Gasteiger charge is 2.28. The molecule has 2 aromatic rings. The average Bonchev–Trinajstić information content (AvgIpc) is 3.16. The summed E-state index contributed by atoms with van der Waals surface area (Å²) >= 11 is 2.65. The Morgan fingerprint density at radius 3 is 2.84 bits per heavy atom. The molecular formula is C15H19N5O3S2. The minimum Gasteiger partial charge on any atom is -0.465 e. The molecule has 1 aliphatic rings. The Balaban J connectivity index is 1.78. The molecule has 1 amide bonds. The Kier molecular flexibility index (Phi) is 5.28. The summed E-state index contributed by atoms with van der Waals surface area (Å²) in [5.41, 5.74) is 7.00.